The van der Waals surface area contributed by atoms with Gasteiger partial charge in [0.2, 0.25) is 5.91 Å². The van der Waals surface area contributed by atoms with Crippen molar-refractivity contribution in [3.63, 3.8) is 0 Å². The lowest BCUT2D eigenvalue weighted by Gasteiger charge is -2.11. The normalized spacial score (nSPS) is 17.0. The van der Waals surface area contributed by atoms with E-state index in [0.29, 0.717) is 24.0 Å². The molecule has 1 aliphatic rings. The first-order valence-electron chi connectivity index (χ1n) is 7.67. The summed E-state index contributed by atoms with van der Waals surface area (Å²) in [5, 5.41) is 9.46. The molecule has 0 spiro atoms. The predicted molar refractivity (Wildman–Crippen MR) is 92.6 cm³/mol. The summed E-state index contributed by atoms with van der Waals surface area (Å²) >= 11 is 7.00. The minimum absolute atomic E-state index is 0.0125. The molecule has 2 aromatic rings. The monoisotopic (exact) mass is 386 g/mol. The summed E-state index contributed by atoms with van der Waals surface area (Å²) in [5.41, 5.74) is -0.00701. The molecule has 2 N–H and O–H groups in total. The van der Waals surface area contributed by atoms with Crippen LogP contribution in [0.15, 0.2) is 28.2 Å². The van der Waals surface area contributed by atoms with Crippen molar-refractivity contribution in [2.75, 3.05) is 17.7 Å². The Morgan fingerprint density at radius 3 is 3.12 bits per heavy atom. The van der Waals surface area contributed by atoms with Gasteiger partial charge < -0.3 is 10.1 Å². The van der Waals surface area contributed by atoms with Crippen LogP contribution in [-0.2, 0) is 16.1 Å². The van der Waals surface area contributed by atoms with Crippen LogP contribution in [0.25, 0.3) is 0 Å². The molecule has 0 saturated carbocycles. The fraction of sp³-hybridized carbons (Fsp3) is 0.400. The SMILES string of the molecule is O=C(CSc1n[nH]c(=O)n1CC1CCCO1)Nc1ccc(F)cc1Cl. The number of hydrogen-bond donors (Lipinski definition) is 2. The predicted octanol–water partition coefficient (Wildman–Crippen LogP) is 2.27. The molecule has 1 fully saturated rings. The quantitative estimate of drug-likeness (QED) is 0.743. The van der Waals surface area contributed by atoms with E-state index >= 15 is 0 Å². The Bertz CT molecular complexity index is 819. The molecule has 25 heavy (non-hydrogen) atoms. The molecule has 0 aliphatic carbocycles. The number of anilines is 1. The molecule has 1 amide bonds. The number of nitrogens with zero attached hydrogens (tertiary/aromatic N) is 2. The highest BCUT2D eigenvalue weighted by molar-refractivity contribution is 7.99. The zero-order valence-corrected chi connectivity index (χ0v) is 14.7. The molecule has 0 radical (unpaired) electrons. The number of H-pyrrole nitrogens is 1. The van der Waals surface area contributed by atoms with Gasteiger partial charge in [-0.1, -0.05) is 23.4 Å². The minimum Gasteiger partial charge on any atom is -0.376 e. The minimum atomic E-state index is -0.480. The number of aromatic amines is 1. The van der Waals surface area contributed by atoms with Crippen LogP contribution in [0.1, 0.15) is 12.8 Å². The number of halogens is 2. The molecule has 0 bridgehead atoms. The van der Waals surface area contributed by atoms with Gasteiger partial charge in [-0.25, -0.2) is 14.3 Å². The first kappa shape index (κ1) is 18.0. The molecular formula is C15H16ClFN4O3S. The molecule has 1 aliphatic heterocycles. The number of hydrogen-bond acceptors (Lipinski definition) is 5. The van der Waals surface area contributed by atoms with Gasteiger partial charge in [0.1, 0.15) is 5.82 Å². The first-order valence-corrected chi connectivity index (χ1v) is 9.04. The van der Waals surface area contributed by atoms with E-state index in [1.807, 2.05) is 0 Å². The number of amides is 1. The van der Waals surface area contributed by atoms with Crippen molar-refractivity contribution in [2.24, 2.45) is 0 Å². The molecule has 3 rings (SSSR count). The first-order chi connectivity index (χ1) is 12.0. The van der Waals surface area contributed by atoms with Crippen LogP contribution in [0.2, 0.25) is 5.02 Å². The van der Waals surface area contributed by atoms with Crippen LogP contribution >= 0.6 is 23.4 Å². The van der Waals surface area contributed by atoms with Gasteiger partial charge in [-0.2, -0.15) is 0 Å². The van der Waals surface area contributed by atoms with Crippen LogP contribution in [0.3, 0.4) is 0 Å². The van der Waals surface area contributed by atoms with E-state index in [2.05, 4.69) is 15.5 Å². The van der Waals surface area contributed by atoms with Gasteiger partial charge in [-0.15, -0.1) is 5.10 Å². The average Bonchev–Trinajstić information content (AvgIpc) is 3.20. The summed E-state index contributed by atoms with van der Waals surface area (Å²) < 4.78 is 20.0. The number of carbonyl (C=O) groups excluding carboxylic acids is 1. The molecular weight excluding hydrogens is 371 g/mol. The van der Waals surface area contributed by atoms with Crippen LogP contribution in [0, 0.1) is 5.82 Å². The topological polar surface area (TPSA) is 89.0 Å². The zero-order valence-electron chi connectivity index (χ0n) is 13.1. The molecule has 10 heteroatoms. The second-order valence-electron chi connectivity index (χ2n) is 5.52. The number of benzene rings is 1. The van der Waals surface area contributed by atoms with E-state index < -0.39 is 5.82 Å². The summed E-state index contributed by atoms with van der Waals surface area (Å²) in [5.74, 6) is -0.784. The average molecular weight is 387 g/mol. The second kappa shape index (κ2) is 8.03. The van der Waals surface area contributed by atoms with Crippen molar-refractivity contribution in [3.8, 4) is 0 Å². The Morgan fingerprint density at radius 1 is 1.56 bits per heavy atom. The third kappa shape index (κ3) is 4.62. The fourth-order valence-corrected chi connectivity index (χ4v) is 3.44. The second-order valence-corrected chi connectivity index (χ2v) is 6.87. The number of aromatic nitrogens is 3. The van der Waals surface area contributed by atoms with Gasteiger partial charge in [-0.05, 0) is 31.0 Å². The number of rotatable bonds is 6. The van der Waals surface area contributed by atoms with Crippen LogP contribution in [-0.4, -0.2) is 39.1 Å². The van der Waals surface area contributed by atoms with Gasteiger partial charge in [-0.3, -0.25) is 9.36 Å². The Morgan fingerprint density at radius 2 is 2.40 bits per heavy atom. The van der Waals surface area contributed by atoms with Crippen molar-refractivity contribution in [3.05, 3.63) is 39.5 Å². The van der Waals surface area contributed by atoms with Crippen LogP contribution in [0.4, 0.5) is 10.1 Å². The maximum atomic E-state index is 13.0. The zero-order chi connectivity index (χ0) is 17.8. The van der Waals surface area contributed by atoms with Crippen molar-refractivity contribution < 1.29 is 13.9 Å². The van der Waals surface area contributed by atoms with Crippen LogP contribution < -0.4 is 11.0 Å². The number of nitrogens with one attached hydrogen (secondary N) is 2. The van der Waals surface area contributed by atoms with Gasteiger partial charge in [0.05, 0.1) is 29.1 Å². The number of carbonyl (C=O) groups is 1. The third-order valence-corrected chi connectivity index (χ3v) is 4.96. The molecule has 1 saturated heterocycles. The number of ether oxygens (including phenoxy) is 1. The van der Waals surface area contributed by atoms with E-state index in [9.17, 15) is 14.0 Å². The molecule has 1 aromatic heterocycles. The van der Waals surface area contributed by atoms with E-state index in [1.165, 1.54) is 16.7 Å². The maximum Gasteiger partial charge on any atom is 0.344 e. The van der Waals surface area contributed by atoms with Gasteiger partial charge in [0.25, 0.3) is 0 Å². The Kier molecular flexibility index (Phi) is 5.77. The van der Waals surface area contributed by atoms with Gasteiger partial charge >= 0.3 is 5.69 Å². The lowest BCUT2D eigenvalue weighted by atomic mass is 10.2. The van der Waals surface area contributed by atoms with Crippen molar-refractivity contribution in [2.45, 2.75) is 30.6 Å². The Balaban J connectivity index is 1.59. The molecule has 134 valence electrons. The van der Waals surface area contributed by atoms with Crippen molar-refractivity contribution in [1.29, 1.82) is 0 Å². The van der Waals surface area contributed by atoms with Crippen molar-refractivity contribution >= 4 is 35.0 Å². The third-order valence-electron chi connectivity index (χ3n) is 3.67. The smallest absolute Gasteiger partial charge is 0.344 e. The Labute approximate surface area is 151 Å². The largest absolute Gasteiger partial charge is 0.376 e. The van der Waals surface area contributed by atoms with Gasteiger partial charge in [0.15, 0.2) is 5.16 Å². The maximum absolute atomic E-state index is 13.0. The number of thioether (sulfide) groups is 1. The van der Waals surface area contributed by atoms with Gasteiger partial charge in [0, 0.05) is 6.61 Å². The Hall–Kier alpha value is -1.84. The molecule has 7 nitrogen and oxygen atoms in total. The highest BCUT2D eigenvalue weighted by Crippen LogP contribution is 2.23. The molecule has 1 aromatic carbocycles. The summed E-state index contributed by atoms with van der Waals surface area (Å²) in [4.78, 5) is 23.9. The highest BCUT2D eigenvalue weighted by Gasteiger charge is 2.20. The summed E-state index contributed by atoms with van der Waals surface area (Å²) in [7, 11) is 0. The fourth-order valence-electron chi connectivity index (χ4n) is 2.47. The lowest BCUT2D eigenvalue weighted by Crippen LogP contribution is -2.25. The van der Waals surface area contributed by atoms with Crippen molar-refractivity contribution in [1.82, 2.24) is 14.8 Å². The van der Waals surface area contributed by atoms with E-state index in [4.69, 9.17) is 16.3 Å². The summed E-state index contributed by atoms with van der Waals surface area (Å²) in [6, 6.07) is 3.72. The van der Waals surface area contributed by atoms with Crippen LogP contribution in [0.5, 0.6) is 0 Å². The summed E-state index contributed by atoms with van der Waals surface area (Å²) in [6.45, 7) is 1.10. The molecule has 2 heterocycles. The molecule has 1 unspecified atom stereocenters. The lowest BCUT2D eigenvalue weighted by molar-refractivity contribution is -0.113. The molecule has 1 atom stereocenters. The summed E-state index contributed by atoms with van der Waals surface area (Å²) in [6.07, 6.45) is 1.85. The van der Waals surface area contributed by atoms with E-state index in [1.54, 1.807) is 0 Å². The van der Waals surface area contributed by atoms with E-state index in [0.717, 1.165) is 30.7 Å². The van der Waals surface area contributed by atoms with E-state index in [-0.39, 0.29) is 28.5 Å². The highest BCUT2D eigenvalue weighted by atomic mass is 35.5. The standard InChI is InChI=1S/C15H16ClFN4O3S/c16-11-6-9(17)3-4-12(11)18-13(22)8-25-15-20-19-14(23)21(15)7-10-2-1-5-24-10/h3-4,6,10H,1-2,5,7-8H2,(H,18,22)(H,19,23).